The maximum atomic E-state index is 12.1. The molecule has 1 amide bonds. The third-order valence-corrected chi connectivity index (χ3v) is 3.57. The number of carbonyl (C=O) groups is 1. The fourth-order valence-electron chi connectivity index (χ4n) is 1.53. The Bertz CT molecular complexity index is 597. The second kappa shape index (κ2) is 5.95. The average Bonchev–Trinajstić information content (AvgIpc) is 2.75. The minimum absolute atomic E-state index is 0.00939. The molecule has 0 bridgehead atoms. The predicted molar refractivity (Wildman–Crippen MR) is 76.6 cm³/mol. The molecule has 2 N–H and O–H groups in total. The second-order valence-corrected chi connectivity index (χ2v) is 5.14. The number of benzene rings is 1. The lowest BCUT2D eigenvalue weighted by Crippen LogP contribution is -2.12. The van der Waals surface area contributed by atoms with E-state index in [1.165, 1.54) is 17.4 Å². The molecule has 0 atom stereocenters. The topological polar surface area (TPSA) is 58.6 Å². The zero-order valence-corrected chi connectivity index (χ0v) is 11.7. The van der Waals surface area contributed by atoms with Crippen LogP contribution in [0.25, 0.3) is 0 Å². The largest absolute Gasteiger partial charge is 0.506 e. The van der Waals surface area contributed by atoms with E-state index in [9.17, 15) is 9.90 Å². The Morgan fingerprint density at radius 3 is 2.89 bits per heavy atom. The number of anilines is 1. The van der Waals surface area contributed by atoms with Crippen LogP contribution in [0.1, 0.15) is 17.3 Å². The second-order valence-electron chi connectivity index (χ2n) is 3.66. The van der Waals surface area contributed by atoms with Gasteiger partial charge in [-0.1, -0.05) is 23.7 Å². The first-order chi connectivity index (χ1) is 9.13. The van der Waals surface area contributed by atoms with E-state index in [2.05, 4.69) is 5.32 Å². The van der Waals surface area contributed by atoms with E-state index in [0.29, 0.717) is 27.9 Å². The summed E-state index contributed by atoms with van der Waals surface area (Å²) in [6, 6.07) is 6.51. The van der Waals surface area contributed by atoms with Crippen molar-refractivity contribution in [2.75, 3.05) is 11.9 Å². The van der Waals surface area contributed by atoms with Gasteiger partial charge in [-0.05, 0) is 19.1 Å². The van der Waals surface area contributed by atoms with Crippen molar-refractivity contribution in [3.05, 3.63) is 39.5 Å². The first kappa shape index (κ1) is 13.7. The Morgan fingerprint density at radius 2 is 2.21 bits per heavy atom. The average molecular weight is 298 g/mol. The van der Waals surface area contributed by atoms with Crippen molar-refractivity contribution in [3.63, 3.8) is 0 Å². The number of rotatable bonds is 4. The first-order valence-corrected chi connectivity index (χ1v) is 6.88. The molecule has 1 heterocycles. The Kier molecular flexibility index (Phi) is 4.29. The van der Waals surface area contributed by atoms with E-state index in [-0.39, 0.29) is 11.7 Å². The van der Waals surface area contributed by atoms with Crippen molar-refractivity contribution in [1.82, 2.24) is 0 Å². The van der Waals surface area contributed by atoms with Gasteiger partial charge >= 0.3 is 0 Å². The Hall–Kier alpha value is -1.72. The van der Waals surface area contributed by atoms with Crippen LogP contribution in [-0.2, 0) is 0 Å². The number of nitrogens with one attached hydrogen (secondary N) is 1. The van der Waals surface area contributed by atoms with Gasteiger partial charge in [0.2, 0.25) is 0 Å². The number of aromatic hydroxyl groups is 1. The minimum Gasteiger partial charge on any atom is -0.506 e. The van der Waals surface area contributed by atoms with Crippen LogP contribution < -0.4 is 10.1 Å². The van der Waals surface area contributed by atoms with Crippen LogP contribution >= 0.6 is 22.9 Å². The number of thiophene rings is 1. The van der Waals surface area contributed by atoms with Crippen molar-refractivity contribution < 1.29 is 14.6 Å². The third-order valence-electron chi connectivity index (χ3n) is 2.39. The molecule has 4 nitrogen and oxygen atoms in total. The lowest BCUT2D eigenvalue weighted by atomic mass is 10.2. The summed E-state index contributed by atoms with van der Waals surface area (Å²) in [6.45, 7) is 2.24. The third kappa shape index (κ3) is 3.00. The molecule has 6 heteroatoms. The van der Waals surface area contributed by atoms with Gasteiger partial charge in [0.05, 0.1) is 17.9 Å². The summed E-state index contributed by atoms with van der Waals surface area (Å²) in [7, 11) is 0. The molecule has 0 aliphatic rings. The van der Waals surface area contributed by atoms with Gasteiger partial charge in [0, 0.05) is 5.38 Å². The van der Waals surface area contributed by atoms with Crippen LogP contribution in [0, 0.1) is 0 Å². The molecule has 0 fully saturated rings. The normalized spacial score (nSPS) is 10.2. The Balaban J connectivity index is 2.23. The zero-order valence-electron chi connectivity index (χ0n) is 10.1. The summed E-state index contributed by atoms with van der Waals surface area (Å²) in [5.41, 5.74) is 0.706. The molecule has 0 saturated carbocycles. The summed E-state index contributed by atoms with van der Waals surface area (Å²) in [4.78, 5) is 12.1. The molecule has 0 aliphatic carbocycles. The number of hydrogen-bond acceptors (Lipinski definition) is 4. The predicted octanol–water partition coefficient (Wildman–Crippen LogP) is 3.76. The van der Waals surface area contributed by atoms with Crippen molar-refractivity contribution in [1.29, 1.82) is 0 Å². The van der Waals surface area contributed by atoms with Crippen LogP contribution in [0.15, 0.2) is 29.6 Å². The highest BCUT2D eigenvalue weighted by atomic mass is 35.5. The SMILES string of the molecule is CCOc1c(C(=O)Nc2ccccc2O)csc1Cl. The Morgan fingerprint density at radius 1 is 1.47 bits per heavy atom. The molecule has 2 rings (SSSR count). The summed E-state index contributed by atoms with van der Waals surface area (Å²) in [5.74, 6) is 0.0188. The monoisotopic (exact) mass is 297 g/mol. The van der Waals surface area contributed by atoms with E-state index in [0.717, 1.165) is 0 Å². The van der Waals surface area contributed by atoms with Crippen molar-refractivity contribution >= 4 is 34.5 Å². The smallest absolute Gasteiger partial charge is 0.260 e. The number of phenols is 1. The van der Waals surface area contributed by atoms with Gasteiger partial charge in [-0.2, -0.15) is 0 Å². The van der Waals surface area contributed by atoms with Gasteiger partial charge in [0.1, 0.15) is 10.1 Å². The molecule has 100 valence electrons. The highest BCUT2D eigenvalue weighted by molar-refractivity contribution is 7.15. The van der Waals surface area contributed by atoms with Gasteiger partial charge in [0.15, 0.2) is 5.75 Å². The van der Waals surface area contributed by atoms with Gasteiger partial charge in [-0.3, -0.25) is 4.79 Å². The molecule has 19 heavy (non-hydrogen) atoms. The number of ether oxygens (including phenoxy) is 1. The van der Waals surface area contributed by atoms with E-state index < -0.39 is 0 Å². The van der Waals surface area contributed by atoms with Crippen LogP contribution in [0.2, 0.25) is 4.34 Å². The van der Waals surface area contributed by atoms with Crippen molar-refractivity contribution in [2.45, 2.75) is 6.92 Å². The molecule has 1 aromatic carbocycles. The van der Waals surface area contributed by atoms with Crippen LogP contribution in [0.5, 0.6) is 11.5 Å². The van der Waals surface area contributed by atoms with Gasteiger partial charge < -0.3 is 15.2 Å². The minimum atomic E-state index is -0.367. The van der Waals surface area contributed by atoms with E-state index in [1.54, 1.807) is 23.6 Å². The van der Waals surface area contributed by atoms with E-state index in [1.807, 2.05) is 6.92 Å². The fourth-order valence-corrected chi connectivity index (χ4v) is 2.53. The molecule has 0 spiro atoms. The molecule has 0 radical (unpaired) electrons. The summed E-state index contributed by atoms with van der Waals surface area (Å²) in [5, 5.41) is 13.9. The number of phenolic OH excluding ortho intramolecular Hbond substituents is 1. The molecule has 0 unspecified atom stereocenters. The highest BCUT2D eigenvalue weighted by Crippen LogP contribution is 2.36. The fraction of sp³-hybridized carbons (Fsp3) is 0.154. The van der Waals surface area contributed by atoms with E-state index in [4.69, 9.17) is 16.3 Å². The van der Waals surface area contributed by atoms with Crippen LogP contribution in [-0.4, -0.2) is 17.6 Å². The van der Waals surface area contributed by atoms with Gasteiger partial charge in [-0.25, -0.2) is 0 Å². The lowest BCUT2D eigenvalue weighted by molar-refractivity contribution is 0.102. The van der Waals surface area contributed by atoms with Crippen molar-refractivity contribution in [3.8, 4) is 11.5 Å². The summed E-state index contributed by atoms with van der Waals surface area (Å²) in [6.07, 6.45) is 0. The lowest BCUT2D eigenvalue weighted by Gasteiger charge is -2.08. The van der Waals surface area contributed by atoms with Gasteiger partial charge in [-0.15, -0.1) is 11.3 Å². The summed E-state index contributed by atoms with van der Waals surface area (Å²) < 4.78 is 5.79. The molecule has 0 saturated heterocycles. The molecule has 1 aromatic heterocycles. The Labute approximate surface area is 119 Å². The number of carbonyl (C=O) groups excluding carboxylic acids is 1. The zero-order chi connectivity index (χ0) is 13.8. The van der Waals surface area contributed by atoms with E-state index >= 15 is 0 Å². The highest BCUT2D eigenvalue weighted by Gasteiger charge is 2.18. The van der Waals surface area contributed by atoms with Crippen LogP contribution in [0.3, 0.4) is 0 Å². The first-order valence-electron chi connectivity index (χ1n) is 5.62. The van der Waals surface area contributed by atoms with Gasteiger partial charge in [0.25, 0.3) is 5.91 Å². The molecular formula is C13H12ClNO3S. The summed E-state index contributed by atoms with van der Waals surface area (Å²) >= 11 is 7.20. The molecular weight excluding hydrogens is 286 g/mol. The maximum absolute atomic E-state index is 12.1. The quantitative estimate of drug-likeness (QED) is 0.845. The number of amides is 1. The number of halogens is 1. The standard InChI is InChI=1S/C13H12ClNO3S/c1-2-18-11-8(7-19-12(11)14)13(17)15-9-5-3-4-6-10(9)16/h3-7,16H,2H2,1H3,(H,15,17). The maximum Gasteiger partial charge on any atom is 0.260 e. The van der Waals surface area contributed by atoms with Crippen LogP contribution in [0.4, 0.5) is 5.69 Å². The number of para-hydroxylation sites is 2. The van der Waals surface area contributed by atoms with Crippen molar-refractivity contribution in [2.24, 2.45) is 0 Å². The number of hydrogen-bond donors (Lipinski definition) is 2. The molecule has 2 aromatic rings. The molecule has 0 aliphatic heterocycles.